The van der Waals surface area contributed by atoms with Crippen LogP contribution in [0, 0.1) is 0 Å². The van der Waals surface area contributed by atoms with Crippen LogP contribution >= 0.6 is 0 Å². The molecule has 140 valence electrons. The minimum absolute atomic E-state index is 0.176. The van der Waals surface area contributed by atoms with Crippen LogP contribution in [0.25, 0.3) is 10.9 Å². The molecule has 0 saturated heterocycles. The molecular weight excluding hydrogens is 352 g/mol. The molecule has 4 rings (SSSR count). The maximum absolute atomic E-state index is 13.2. The van der Waals surface area contributed by atoms with Gasteiger partial charge in [-0.3, -0.25) is 9.59 Å². The largest absolute Gasteiger partial charge is 0.424 e. The first-order valence-electron chi connectivity index (χ1n) is 9.10. The highest BCUT2D eigenvalue weighted by molar-refractivity contribution is 5.88. The van der Waals surface area contributed by atoms with Crippen molar-refractivity contribution in [2.45, 2.75) is 20.0 Å². The third kappa shape index (κ3) is 3.60. The Morgan fingerprint density at radius 1 is 0.857 bits per heavy atom. The number of fused-ring (bicyclic) bond motifs is 1. The molecule has 5 nitrogen and oxygen atoms in total. The lowest BCUT2D eigenvalue weighted by Gasteiger charge is -2.08. The van der Waals surface area contributed by atoms with Crippen LogP contribution in [0.2, 0.25) is 0 Å². The number of nitrogens with zero attached hydrogens (tertiary/aromatic N) is 2. The lowest BCUT2D eigenvalue weighted by Crippen LogP contribution is -2.20. The van der Waals surface area contributed by atoms with Gasteiger partial charge >= 0.3 is 5.97 Å². The molecule has 0 atom stereocenters. The monoisotopic (exact) mass is 372 g/mol. The predicted molar refractivity (Wildman–Crippen MR) is 109 cm³/mol. The molecule has 0 spiro atoms. The fourth-order valence-electron chi connectivity index (χ4n) is 3.36. The molecule has 2 heterocycles. The van der Waals surface area contributed by atoms with Gasteiger partial charge in [0.25, 0.3) is 5.56 Å². The van der Waals surface area contributed by atoms with E-state index in [1.165, 1.54) is 6.92 Å². The number of hydrogen-bond acceptors (Lipinski definition) is 3. The number of hydrogen-bond donors (Lipinski definition) is 0. The summed E-state index contributed by atoms with van der Waals surface area (Å²) in [7, 11) is 0. The second-order valence-corrected chi connectivity index (χ2v) is 6.70. The molecule has 2 aromatic carbocycles. The topological polar surface area (TPSA) is 53.2 Å². The number of carbonyl (C=O) groups excluding carboxylic acids is 1. The van der Waals surface area contributed by atoms with Crippen LogP contribution in [0.5, 0.6) is 5.75 Å². The van der Waals surface area contributed by atoms with Crippen LogP contribution in [0.3, 0.4) is 0 Å². The van der Waals surface area contributed by atoms with Gasteiger partial charge in [-0.15, -0.1) is 0 Å². The van der Waals surface area contributed by atoms with E-state index in [1.54, 1.807) is 17.0 Å². The van der Waals surface area contributed by atoms with E-state index >= 15 is 0 Å². The molecule has 0 aliphatic carbocycles. The third-order valence-electron chi connectivity index (χ3n) is 4.62. The standard InChI is InChI=1S/C23H20N2O3/c1-17(26)28-21-16-25(15-19-10-6-3-7-11-19)20-12-13-24(23(27)22(20)21)14-18-8-4-2-5-9-18/h2-13,16H,14-15H2,1H3. The van der Waals surface area contributed by atoms with Crippen molar-refractivity contribution in [3.05, 3.63) is 101 Å². The zero-order chi connectivity index (χ0) is 19.5. The van der Waals surface area contributed by atoms with E-state index in [4.69, 9.17) is 4.74 Å². The van der Waals surface area contributed by atoms with E-state index in [0.29, 0.717) is 24.2 Å². The van der Waals surface area contributed by atoms with Gasteiger partial charge in [-0.05, 0) is 17.2 Å². The van der Waals surface area contributed by atoms with Gasteiger partial charge in [0.1, 0.15) is 5.39 Å². The molecule has 0 radical (unpaired) electrons. The first kappa shape index (κ1) is 17.8. The van der Waals surface area contributed by atoms with Crippen molar-refractivity contribution in [3.8, 4) is 5.75 Å². The molecule has 5 heteroatoms. The van der Waals surface area contributed by atoms with Crippen molar-refractivity contribution in [1.29, 1.82) is 0 Å². The van der Waals surface area contributed by atoms with E-state index < -0.39 is 5.97 Å². The van der Waals surface area contributed by atoms with Gasteiger partial charge in [0.2, 0.25) is 0 Å². The Morgan fingerprint density at radius 2 is 1.43 bits per heavy atom. The van der Waals surface area contributed by atoms with E-state index in [9.17, 15) is 9.59 Å². The fraction of sp³-hybridized carbons (Fsp3) is 0.130. The first-order valence-corrected chi connectivity index (χ1v) is 9.10. The molecule has 0 N–H and O–H groups in total. The minimum atomic E-state index is -0.448. The van der Waals surface area contributed by atoms with Crippen LogP contribution in [0.4, 0.5) is 0 Å². The summed E-state index contributed by atoms with van der Waals surface area (Å²) in [5.74, 6) is -0.150. The summed E-state index contributed by atoms with van der Waals surface area (Å²) in [4.78, 5) is 24.7. The van der Waals surface area contributed by atoms with Crippen molar-refractivity contribution in [3.63, 3.8) is 0 Å². The van der Waals surface area contributed by atoms with Crippen molar-refractivity contribution < 1.29 is 9.53 Å². The number of ether oxygens (including phenoxy) is 1. The van der Waals surface area contributed by atoms with Crippen molar-refractivity contribution in [2.24, 2.45) is 0 Å². The number of rotatable bonds is 5. The molecule has 0 amide bonds. The van der Waals surface area contributed by atoms with Gasteiger partial charge in [0.05, 0.1) is 12.1 Å². The lowest BCUT2D eigenvalue weighted by molar-refractivity contribution is -0.131. The summed E-state index contributed by atoms with van der Waals surface area (Å²) >= 11 is 0. The second kappa shape index (κ2) is 7.56. The Kier molecular flexibility index (Phi) is 4.81. The molecular formula is C23H20N2O3. The Balaban J connectivity index is 1.81. The Labute approximate surface area is 162 Å². The minimum Gasteiger partial charge on any atom is -0.424 e. The maximum atomic E-state index is 13.2. The molecule has 0 fully saturated rings. The zero-order valence-electron chi connectivity index (χ0n) is 15.5. The number of aromatic nitrogens is 2. The molecule has 0 aliphatic rings. The molecule has 4 aromatic rings. The third-order valence-corrected chi connectivity index (χ3v) is 4.62. The van der Waals surface area contributed by atoms with Gasteiger partial charge in [0.15, 0.2) is 5.75 Å². The Bertz CT molecular complexity index is 1180. The van der Waals surface area contributed by atoms with Crippen LogP contribution in [-0.2, 0) is 17.9 Å². The number of carbonyl (C=O) groups is 1. The van der Waals surface area contributed by atoms with Crippen LogP contribution in [0.15, 0.2) is 83.9 Å². The van der Waals surface area contributed by atoms with E-state index in [1.807, 2.05) is 71.3 Å². The lowest BCUT2D eigenvalue weighted by atomic mass is 10.2. The Morgan fingerprint density at radius 3 is 2.00 bits per heavy atom. The molecule has 0 saturated carbocycles. The predicted octanol–water partition coefficient (Wildman–Crippen LogP) is 3.82. The first-order chi connectivity index (χ1) is 13.6. The van der Waals surface area contributed by atoms with Crippen molar-refractivity contribution in [1.82, 2.24) is 9.13 Å². The second-order valence-electron chi connectivity index (χ2n) is 6.70. The van der Waals surface area contributed by atoms with Crippen LogP contribution in [0.1, 0.15) is 18.1 Å². The molecule has 2 aromatic heterocycles. The summed E-state index contributed by atoms with van der Waals surface area (Å²) in [5, 5.41) is 0.421. The average Bonchev–Trinajstić information content (AvgIpc) is 3.02. The fourth-order valence-corrected chi connectivity index (χ4v) is 3.36. The molecule has 0 aliphatic heterocycles. The molecule has 0 bridgehead atoms. The summed E-state index contributed by atoms with van der Waals surface area (Å²) in [5.41, 5.74) is 2.70. The van der Waals surface area contributed by atoms with Gasteiger partial charge in [-0.25, -0.2) is 0 Å². The quantitative estimate of drug-likeness (QED) is 0.501. The number of benzene rings is 2. The highest BCUT2D eigenvalue weighted by atomic mass is 16.5. The van der Waals surface area contributed by atoms with Gasteiger partial charge in [0, 0.05) is 25.9 Å². The van der Waals surface area contributed by atoms with Crippen LogP contribution in [-0.4, -0.2) is 15.1 Å². The zero-order valence-corrected chi connectivity index (χ0v) is 15.5. The van der Waals surface area contributed by atoms with Gasteiger partial charge in [-0.2, -0.15) is 0 Å². The highest BCUT2D eigenvalue weighted by Crippen LogP contribution is 2.26. The summed E-state index contributed by atoms with van der Waals surface area (Å²) in [6.45, 7) is 2.38. The molecule has 0 unspecified atom stereocenters. The average molecular weight is 372 g/mol. The Hall–Kier alpha value is -3.60. The summed E-state index contributed by atoms with van der Waals surface area (Å²) in [6, 6.07) is 21.6. The summed E-state index contributed by atoms with van der Waals surface area (Å²) in [6.07, 6.45) is 3.52. The van der Waals surface area contributed by atoms with E-state index in [-0.39, 0.29) is 5.56 Å². The SMILES string of the molecule is CC(=O)Oc1cn(Cc2ccccc2)c2ccn(Cc3ccccc3)c(=O)c12. The van der Waals surface area contributed by atoms with Crippen LogP contribution < -0.4 is 10.3 Å². The summed E-state index contributed by atoms with van der Waals surface area (Å²) < 4.78 is 8.94. The smallest absolute Gasteiger partial charge is 0.308 e. The van der Waals surface area contributed by atoms with Gasteiger partial charge in [-0.1, -0.05) is 60.7 Å². The number of esters is 1. The van der Waals surface area contributed by atoms with Crippen molar-refractivity contribution >= 4 is 16.9 Å². The van der Waals surface area contributed by atoms with Gasteiger partial charge < -0.3 is 13.9 Å². The normalized spacial score (nSPS) is 10.9. The highest BCUT2D eigenvalue weighted by Gasteiger charge is 2.17. The van der Waals surface area contributed by atoms with Crippen molar-refractivity contribution in [2.75, 3.05) is 0 Å². The molecule has 28 heavy (non-hydrogen) atoms. The van der Waals surface area contributed by atoms with E-state index in [0.717, 1.165) is 16.6 Å². The van der Waals surface area contributed by atoms with E-state index in [2.05, 4.69) is 0 Å². The maximum Gasteiger partial charge on any atom is 0.308 e. The number of pyridine rings is 1.